The van der Waals surface area contributed by atoms with Gasteiger partial charge in [0.25, 0.3) is 0 Å². The number of piperidine rings is 1. The van der Waals surface area contributed by atoms with Crippen LogP contribution < -0.4 is 10.6 Å². The molecule has 20 heavy (non-hydrogen) atoms. The lowest BCUT2D eigenvalue weighted by atomic mass is 9.88. The van der Waals surface area contributed by atoms with E-state index in [9.17, 15) is 4.39 Å². The maximum Gasteiger partial charge on any atom is 0.146 e. The Labute approximate surface area is 125 Å². The fourth-order valence-electron chi connectivity index (χ4n) is 3.70. The van der Waals surface area contributed by atoms with Crippen molar-refractivity contribution in [2.75, 3.05) is 11.9 Å². The molecule has 1 aromatic rings. The number of hydrogen-bond donors (Lipinski definition) is 2. The van der Waals surface area contributed by atoms with Crippen molar-refractivity contribution in [2.45, 2.75) is 50.6 Å². The minimum absolute atomic E-state index is 0.211. The molecule has 1 aliphatic heterocycles. The quantitative estimate of drug-likeness (QED) is 0.873. The molecule has 2 fully saturated rings. The Kier molecular flexibility index (Phi) is 4.47. The summed E-state index contributed by atoms with van der Waals surface area (Å²) in [4.78, 5) is 0. The summed E-state index contributed by atoms with van der Waals surface area (Å²) in [6.07, 6.45) is 7.42. The van der Waals surface area contributed by atoms with Crippen molar-refractivity contribution in [1.29, 1.82) is 0 Å². The van der Waals surface area contributed by atoms with E-state index in [1.54, 1.807) is 12.1 Å². The van der Waals surface area contributed by atoms with Crippen molar-refractivity contribution in [2.24, 2.45) is 5.92 Å². The maximum atomic E-state index is 13.9. The molecule has 1 heterocycles. The summed E-state index contributed by atoms with van der Waals surface area (Å²) in [5, 5.41) is 7.62. The predicted octanol–water partition coefficient (Wildman–Crippen LogP) is 4.20. The summed E-state index contributed by atoms with van der Waals surface area (Å²) in [5.74, 6) is 0.394. The van der Waals surface area contributed by atoms with Crippen molar-refractivity contribution >= 4 is 17.3 Å². The lowest BCUT2D eigenvalue weighted by molar-refractivity contribution is 0.286. The third-order valence-electron chi connectivity index (χ3n) is 4.70. The van der Waals surface area contributed by atoms with Gasteiger partial charge < -0.3 is 10.6 Å². The molecule has 3 atom stereocenters. The first-order valence-corrected chi connectivity index (χ1v) is 8.07. The zero-order chi connectivity index (χ0) is 13.9. The minimum Gasteiger partial charge on any atom is -0.380 e. The molecule has 0 radical (unpaired) electrons. The van der Waals surface area contributed by atoms with Crippen LogP contribution in [0.3, 0.4) is 0 Å². The molecule has 2 nitrogen and oxygen atoms in total. The first-order valence-electron chi connectivity index (χ1n) is 7.69. The van der Waals surface area contributed by atoms with Crippen molar-refractivity contribution in [3.8, 4) is 0 Å². The van der Waals surface area contributed by atoms with Crippen LogP contribution in [0, 0.1) is 11.7 Å². The Balaban J connectivity index is 1.70. The molecule has 0 bridgehead atoms. The van der Waals surface area contributed by atoms with Gasteiger partial charge in [0.1, 0.15) is 5.82 Å². The van der Waals surface area contributed by atoms with Gasteiger partial charge in [0, 0.05) is 17.1 Å². The highest BCUT2D eigenvalue weighted by molar-refractivity contribution is 6.30. The molecule has 1 aliphatic carbocycles. The van der Waals surface area contributed by atoms with Crippen molar-refractivity contribution in [3.05, 3.63) is 29.0 Å². The molecule has 1 saturated heterocycles. The van der Waals surface area contributed by atoms with E-state index in [4.69, 9.17) is 11.6 Å². The molecule has 0 amide bonds. The van der Waals surface area contributed by atoms with Crippen molar-refractivity contribution in [3.63, 3.8) is 0 Å². The van der Waals surface area contributed by atoms with E-state index >= 15 is 0 Å². The molecular formula is C16H22ClFN2. The van der Waals surface area contributed by atoms with Gasteiger partial charge in [0.05, 0.1) is 5.69 Å². The van der Waals surface area contributed by atoms with Gasteiger partial charge in [-0.05, 0) is 56.3 Å². The Hall–Kier alpha value is -0.800. The van der Waals surface area contributed by atoms with Crippen molar-refractivity contribution < 1.29 is 4.39 Å². The Morgan fingerprint density at radius 1 is 1.15 bits per heavy atom. The van der Waals surface area contributed by atoms with Crippen LogP contribution in [-0.2, 0) is 0 Å². The molecule has 3 unspecified atom stereocenters. The van der Waals surface area contributed by atoms with Crippen molar-refractivity contribution in [1.82, 2.24) is 5.32 Å². The number of anilines is 1. The minimum atomic E-state index is -0.211. The monoisotopic (exact) mass is 296 g/mol. The van der Waals surface area contributed by atoms with Gasteiger partial charge in [0.15, 0.2) is 0 Å². The van der Waals surface area contributed by atoms with Crippen LogP contribution in [0.1, 0.15) is 38.5 Å². The van der Waals surface area contributed by atoms with E-state index in [0.29, 0.717) is 28.7 Å². The zero-order valence-electron chi connectivity index (χ0n) is 11.7. The molecule has 2 N–H and O–H groups in total. The number of nitrogens with one attached hydrogen (secondary N) is 2. The van der Waals surface area contributed by atoms with Crippen LogP contribution in [0.5, 0.6) is 0 Å². The molecule has 110 valence electrons. The first-order chi connectivity index (χ1) is 9.74. The average molecular weight is 297 g/mol. The number of benzene rings is 1. The summed E-state index contributed by atoms with van der Waals surface area (Å²) in [6, 6.07) is 5.68. The lowest BCUT2D eigenvalue weighted by Gasteiger charge is -2.33. The third kappa shape index (κ3) is 3.09. The number of rotatable bonds is 3. The SMILES string of the molecule is Fc1ccc(Cl)cc1NC1CCCC1C1CCCCN1. The molecule has 2 aliphatic rings. The molecule has 3 rings (SSSR count). The third-order valence-corrected chi connectivity index (χ3v) is 4.94. The van der Waals surface area contributed by atoms with Crippen LogP contribution >= 0.6 is 11.6 Å². The molecule has 1 aromatic carbocycles. The Bertz CT molecular complexity index is 460. The highest BCUT2D eigenvalue weighted by atomic mass is 35.5. The second kappa shape index (κ2) is 6.31. The highest BCUT2D eigenvalue weighted by Crippen LogP contribution is 2.34. The van der Waals surface area contributed by atoms with Gasteiger partial charge in [0.2, 0.25) is 0 Å². The smallest absolute Gasteiger partial charge is 0.146 e. The van der Waals surface area contributed by atoms with E-state index in [1.165, 1.54) is 38.2 Å². The van der Waals surface area contributed by atoms with Crippen LogP contribution in [-0.4, -0.2) is 18.6 Å². The van der Waals surface area contributed by atoms with Gasteiger partial charge in [-0.2, -0.15) is 0 Å². The first kappa shape index (κ1) is 14.2. The average Bonchev–Trinajstić information content (AvgIpc) is 2.92. The Morgan fingerprint density at radius 2 is 2.05 bits per heavy atom. The van der Waals surface area contributed by atoms with Crippen LogP contribution in [0.25, 0.3) is 0 Å². The molecule has 0 spiro atoms. The second-order valence-corrected chi connectivity index (χ2v) is 6.46. The second-order valence-electron chi connectivity index (χ2n) is 6.03. The lowest BCUT2D eigenvalue weighted by Crippen LogP contribution is -2.44. The topological polar surface area (TPSA) is 24.1 Å². The fourth-order valence-corrected chi connectivity index (χ4v) is 3.87. The van der Waals surface area contributed by atoms with E-state index in [2.05, 4.69) is 10.6 Å². The van der Waals surface area contributed by atoms with Crippen LogP contribution in [0.4, 0.5) is 10.1 Å². The zero-order valence-corrected chi connectivity index (χ0v) is 12.4. The summed E-state index contributed by atoms with van der Waals surface area (Å²) in [5.41, 5.74) is 0.546. The normalized spacial score (nSPS) is 30.4. The van der Waals surface area contributed by atoms with Gasteiger partial charge >= 0.3 is 0 Å². The molecule has 4 heteroatoms. The van der Waals surface area contributed by atoms with Gasteiger partial charge in [-0.3, -0.25) is 0 Å². The molecule has 0 aromatic heterocycles. The van der Waals surface area contributed by atoms with E-state index < -0.39 is 0 Å². The fraction of sp³-hybridized carbons (Fsp3) is 0.625. The summed E-state index contributed by atoms with van der Waals surface area (Å²) in [7, 11) is 0. The maximum absolute atomic E-state index is 13.9. The summed E-state index contributed by atoms with van der Waals surface area (Å²) in [6.45, 7) is 1.12. The van der Waals surface area contributed by atoms with E-state index in [1.807, 2.05) is 0 Å². The Morgan fingerprint density at radius 3 is 2.85 bits per heavy atom. The van der Waals surface area contributed by atoms with Gasteiger partial charge in [-0.1, -0.05) is 24.4 Å². The van der Waals surface area contributed by atoms with Crippen LogP contribution in [0.2, 0.25) is 5.02 Å². The number of halogens is 2. The van der Waals surface area contributed by atoms with E-state index in [0.717, 1.165) is 13.0 Å². The standard InChI is InChI=1S/C16H22ClFN2/c17-11-7-8-13(18)16(10-11)20-15-6-3-4-12(15)14-5-1-2-9-19-14/h7-8,10,12,14-15,19-20H,1-6,9H2. The predicted molar refractivity (Wildman–Crippen MR) is 81.8 cm³/mol. The summed E-state index contributed by atoms with van der Waals surface area (Å²) >= 11 is 5.97. The highest BCUT2D eigenvalue weighted by Gasteiger charge is 2.34. The largest absolute Gasteiger partial charge is 0.380 e. The molecule has 1 saturated carbocycles. The van der Waals surface area contributed by atoms with Gasteiger partial charge in [-0.25, -0.2) is 4.39 Å². The molecular weight excluding hydrogens is 275 g/mol. The number of hydrogen-bond acceptors (Lipinski definition) is 2. The van der Waals surface area contributed by atoms with Gasteiger partial charge in [-0.15, -0.1) is 0 Å². The summed E-state index contributed by atoms with van der Waals surface area (Å²) < 4.78 is 13.9. The van der Waals surface area contributed by atoms with E-state index in [-0.39, 0.29) is 5.82 Å². The van der Waals surface area contributed by atoms with Crippen LogP contribution in [0.15, 0.2) is 18.2 Å².